The molecule has 2 rings (SSSR count). The van der Waals surface area contributed by atoms with Gasteiger partial charge in [-0.05, 0) is 31.2 Å². The van der Waals surface area contributed by atoms with Gasteiger partial charge in [-0.15, -0.1) is 0 Å². The molecule has 1 aromatic carbocycles. The molecular formula is C15H16N2O7S2. The maximum Gasteiger partial charge on any atom is 0.273 e. The highest BCUT2D eigenvalue weighted by Gasteiger charge is 2.39. The van der Waals surface area contributed by atoms with Crippen LogP contribution in [0.5, 0.6) is 0 Å². The fraction of sp³-hybridized carbons (Fsp3) is 0.267. The van der Waals surface area contributed by atoms with Crippen molar-refractivity contribution in [1.82, 2.24) is 4.31 Å². The molecule has 0 bridgehead atoms. The van der Waals surface area contributed by atoms with Crippen LogP contribution in [0.25, 0.3) is 0 Å². The molecule has 26 heavy (non-hydrogen) atoms. The van der Waals surface area contributed by atoms with E-state index in [-0.39, 0.29) is 33.3 Å². The Bertz CT molecular complexity index is 993. The summed E-state index contributed by atoms with van der Waals surface area (Å²) in [4.78, 5) is 35.0. The first-order chi connectivity index (χ1) is 11.9. The van der Waals surface area contributed by atoms with E-state index in [0.29, 0.717) is 4.31 Å². The SMILES string of the molecule is C=C(C)C(=O)N(c1ccc(S(=O)(=O)N2C(=O)CCC2=O)cc1)S(C)(=O)=O. The Morgan fingerprint density at radius 3 is 1.88 bits per heavy atom. The highest BCUT2D eigenvalue weighted by molar-refractivity contribution is 7.92. The predicted molar refractivity (Wildman–Crippen MR) is 91.9 cm³/mol. The molecule has 3 amide bonds. The Labute approximate surface area is 151 Å². The molecule has 1 aliphatic rings. The minimum Gasteiger partial charge on any atom is -0.273 e. The van der Waals surface area contributed by atoms with Gasteiger partial charge >= 0.3 is 0 Å². The number of hydrogen-bond acceptors (Lipinski definition) is 7. The Morgan fingerprint density at radius 1 is 1.04 bits per heavy atom. The molecule has 140 valence electrons. The van der Waals surface area contributed by atoms with Gasteiger partial charge < -0.3 is 0 Å². The van der Waals surface area contributed by atoms with Crippen molar-refractivity contribution in [2.45, 2.75) is 24.7 Å². The highest BCUT2D eigenvalue weighted by Crippen LogP contribution is 2.26. The van der Waals surface area contributed by atoms with Gasteiger partial charge in [-0.3, -0.25) is 14.4 Å². The Morgan fingerprint density at radius 2 is 1.50 bits per heavy atom. The maximum absolute atomic E-state index is 12.4. The van der Waals surface area contributed by atoms with E-state index < -0.39 is 37.8 Å². The summed E-state index contributed by atoms with van der Waals surface area (Å²) >= 11 is 0. The van der Waals surface area contributed by atoms with E-state index in [0.717, 1.165) is 30.5 Å². The molecule has 9 nitrogen and oxygen atoms in total. The minimum absolute atomic E-state index is 0.0274. The van der Waals surface area contributed by atoms with E-state index in [1.807, 2.05) is 0 Å². The second-order valence-electron chi connectivity index (χ2n) is 5.66. The van der Waals surface area contributed by atoms with Gasteiger partial charge in [-0.2, -0.15) is 4.31 Å². The van der Waals surface area contributed by atoms with Gasteiger partial charge in [0, 0.05) is 18.4 Å². The number of amides is 3. The van der Waals surface area contributed by atoms with Crippen LogP contribution < -0.4 is 4.31 Å². The van der Waals surface area contributed by atoms with Crippen LogP contribution in [-0.4, -0.2) is 45.1 Å². The summed E-state index contributed by atoms with van der Waals surface area (Å²) in [6, 6.07) is 4.24. The summed E-state index contributed by atoms with van der Waals surface area (Å²) in [5.41, 5.74) is -0.126. The van der Waals surface area contributed by atoms with Crippen molar-refractivity contribution in [3.8, 4) is 0 Å². The van der Waals surface area contributed by atoms with E-state index in [9.17, 15) is 31.2 Å². The maximum atomic E-state index is 12.4. The van der Waals surface area contributed by atoms with Gasteiger partial charge in [0.25, 0.3) is 15.9 Å². The fourth-order valence-electron chi connectivity index (χ4n) is 2.32. The summed E-state index contributed by atoms with van der Waals surface area (Å²) in [5.74, 6) is -2.52. The van der Waals surface area contributed by atoms with Gasteiger partial charge in [0.1, 0.15) is 0 Å². The van der Waals surface area contributed by atoms with Crippen LogP contribution >= 0.6 is 0 Å². The lowest BCUT2D eigenvalue weighted by molar-refractivity contribution is -0.132. The van der Waals surface area contributed by atoms with Crippen LogP contribution in [0.15, 0.2) is 41.3 Å². The molecule has 1 aromatic rings. The zero-order valence-electron chi connectivity index (χ0n) is 14.0. The van der Waals surface area contributed by atoms with Gasteiger partial charge in [-0.25, -0.2) is 21.1 Å². The first-order valence-corrected chi connectivity index (χ1v) is 10.6. The van der Waals surface area contributed by atoms with Crippen molar-refractivity contribution in [3.05, 3.63) is 36.4 Å². The van der Waals surface area contributed by atoms with Crippen molar-refractivity contribution < 1.29 is 31.2 Å². The predicted octanol–water partition coefficient (Wildman–Crippen LogP) is 0.393. The van der Waals surface area contributed by atoms with Crippen LogP contribution in [0.4, 0.5) is 5.69 Å². The molecule has 0 N–H and O–H groups in total. The second kappa shape index (κ2) is 6.65. The molecule has 1 heterocycles. The lowest BCUT2D eigenvalue weighted by atomic mass is 10.3. The Kier molecular flexibility index (Phi) is 5.06. The Hall–Kier alpha value is -2.53. The summed E-state index contributed by atoms with van der Waals surface area (Å²) in [7, 11) is -8.38. The first-order valence-electron chi connectivity index (χ1n) is 7.28. The third kappa shape index (κ3) is 3.53. The third-order valence-electron chi connectivity index (χ3n) is 3.50. The minimum atomic E-state index is -4.39. The molecule has 0 aliphatic carbocycles. The van der Waals surface area contributed by atoms with E-state index in [1.165, 1.54) is 6.92 Å². The number of carbonyl (C=O) groups is 3. The molecule has 0 radical (unpaired) electrons. The molecular weight excluding hydrogens is 384 g/mol. The van der Waals surface area contributed by atoms with E-state index in [2.05, 4.69) is 6.58 Å². The highest BCUT2D eigenvalue weighted by atomic mass is 32.2. The zero-order valence-corrected chi connectivity index (χ0v) is 15.6. The van der Waals surface area contributed by atoms with Gasteiger partial charge in [0.2, 0.25) is 21.8 Å². The molecule has 1 aliphatic heterocycles. The van der Waals surface area contributed by atoms with Crippen LogP contribution in [-0.2, 0) is 34.4 Å². The standard InChI is InChI=1S/C15H16N2O7S2/c1-10(2)15(20)16(25(3,21)22)11-4-6-12(7-5-11)26(23,24)17-13(18)8-9-14(17)19/h4-7H,1,8-9H2,2-3H3. The third-order valence-corrected chi connectivity index (χ3v) is 6.29. The Balaban J connectivity index is 2.47. The van der Waals surface area contributed by atoms with E-state index in [1.54, 1.807) is 0 Å². The number of carbonyl (C=O) groups excluding carboxylic acids is 3. The van der Waals surface area contributed by atoms with Crippen molar-refractivity contribution >= 4 is 43.5 Å². The van der Waals surface area contributed by atoms with Crippen LogP contribution in [0.3, 0.4) is 0 Å². The van der Waals surface area contributed by atoms with Crippen LogP contribution in [0, 0.1) is 0 Å². The topological polar surface area (TPSA) is 126 Å². The number of imide groups is 1. The second-order valence-corrected chi connectivity index (χ2v) is 9.28. The van der Waals surface area contributed by atoms with Crippen LogP contribution in [0.2, 0.25) is 0 Å². The van der Waals surface area contributed by atoms with E-state index in [4.69, 9.17) is 0 Å². The number of nitrogens with zero attached hydrogens (tertiary/aromatic N) is 2. The molecule has 11 heteroatoms. The monoisotopic (exact) mass is 400 g/mol. The van der Waals surface area contributed by atoms with Crippen molar-refractivity contribution in [3.63, 3.8) is 0 Å². The largest absolute Gasteiger partial charge is 0.273 e. The lowest BCUT2D eigenvalue weighted by Gasteiger charge is -2.21. The molecule has 0 atom stereocenters. The summed E-state index contributed by atoms with van der Waals surface area (Å²) in [6.45, 7) is 4.74. The van der Waals surface area contributed by atoms with Gasteiger partial charge in [0.15, 0.2) is 0 Å². The first kappa shape index (κ1) is 19.8. The molecule has 1 saturated heterocycles. The van der Waals surface area contributed by atoms with Crippen molar-refractivity contribution in [1.29, 1.82) is 0 Å². The number of benzene rings is 1. The summed E-state index contributed by atoms with van der Waals surface area (Å²) in [5, 5.41) is 0. The molecule has 0 saturated carbocycles. The van der Waals surface area contributed by atoms with Crippen molar-refractivity contribution in [2.75, 3.05) is 10.6 Å². The zero-order chi connectivity index (χ0) is 19.9. The molecule has 0 spiro atoms. The lowest BCUT2D eigenvalue weighted by Crippen LogP contribution is -2.37. The quantitative estimate of drug-likeness (QED) is 0.517. The number of anilines is 1. The average Bonchev–Trinajstić information content (AvgIpc) is 2.86. The molecule has 1 fully saturated rings. The van der Waals surface area contributed by atoms with Crippen molar-refractivity contribution in [2.24, 2.45) is 0 Å². The fourth-order valence-corrected chi connectivity index (χ4v) is 4.69. The molecule has 0 unspecified atom stereocenters. The summed E-state index contributed by atoms with van der Waals surface area (Å²) < 4.78 is 49.4. The van der Waals surface area contributed by atoms with Crippen LogP contribution in [0.1, 0.15) is 19.8 Å². The van der Waals surface area contributed by atoms with E-state index >= 15 is 0 Å². The normalized spacial score (nSPS) is 15.2. The van der Waals surface area contributed by atoms with Gasteiger partial charge in [0.05, 0.1) is 16.8 Å². The molecule has 0 aromatic heterocycles. The number of hydrogen-bond donors (Lipinski definition) is 0. The number of rotatable bonds is 5. The van der Waals surface area contributed by atoms with Gasteiger partial charge in [-0.1, -0.05) is 6.58 Å². The smallest absolute Gasteiger partial charge is 0.273 e. The summed E-state index contributed by atoms with van der Waals surface area (Å²) in [6.07, 6.45) is 0.441. The number of sulfonamides is 2. The average molecular weight is 400 g/mol.